The molecule has 0 aliphatic heterocycles. The van der Waals surface area contributed by atoms with Crippen molar-refractivity contribution in [2.24, 2.45) is 0 Å². The summed E-state index contributed by atoms with van der Waals surface area (Å²) in [5, 5.41) is 14.8. The number of hydrogen-bond acceptors (Lipinski definition) is 6. The third-order valence-corrected chi connectivity index (χ3v) is 5.34. The lowest BCUT2D eigenvalue weighted by Gasteiger charge is -2.10. The van der Waals surface area contributed by atoms with Crippen molar-refractivity contribution < 1.29 is 9.59 Å². The van der Waals surface area contributed by atoms with E-state index < -0.39 is 0 Å². The van der Waals surface area contributed by atoms with Gasteiger partial charge in [-0.3, -0.25) is 19.1 Å². The zero-order valence-electron chi connectivity index (χ0n) is 17.2. The highest BCUT2D eigenvalue weighted by Crippen LogP contribution is 2.27. The lowest BCUT2D eigenvalue weighted by Crippen LogP contribution is -2.14. The Hall–Kier alpha value is -3.98. The quantitative estimate of drug-likeness (QED) is 0.418. The first-order valence-electron chi connectivity index (χ1n) is 9.82. The normalized spacial score (nSPS) is 10.5. The second-order valence-corrected chi connectivity index (χ2v) is 7.75. The van der Waals surface area contributed by atoms with Gasteiger partial charge in [-0.2, -0.15) is 0 Å². The molecule has 4 rings (SSSR count). The molecular formula is C23H20N6O2S. The van der Waals surface area contributed by atoms with Gasteiger partial charge in [0, 0.05) is 41.9 Å². The van der Waals surface area contributed by atoms with E-state index in [9.17, 15) is 9.59 Å². The summed E-state index contributed by atoms with van der Waals surface area (Å²) in [5.74, 6) is 0.520. The smallest absolute Gasteiger partial charge is 0.234 e. The maximum atomic E-state index is 12.5. The number of thioether (sulfide) groups is 1. The number of para-hydroxylation sites is 1. The number of anilines is 2. The largest absolute Gasteiger partial charge is 0.326 e. The van der Waals surface area contributed by atoms with Gasteiger partial charge in [0.05, 0.1) is 5.75 Å². The lowest BCUT2D eigenvalue weighted by atomic mass is 10.2. The first-order chi connectivity index (χ1) is 15.6. The van der Waals surface area contributed by atoms with Gasteiger partial charge in [0.2, 0.25) is 11.8 Å². The van der Waals surface area contributed by atoms with Crippen LogP contribution in [0.3, 0.4) is 0 Å². The molecule has 2 N–H and O–H groups in total. The van der Waals surface area contributed by atoms with Gasteiger partial charge in [-0.05, 0) is 48.5 Å². The number of aromatic nitrogens is 4. The van der Waals surface area contributed by atoms with Gasteiger partial charge >= 0.3 is 0 Å². The zero-order valence-corrected chi connectivity index (χ0v) is 18.0. The van der Waals surface area contributed by atoms with Crippen LogP contribution in [-0.2, 0) is 9.59 Å². The number of pyridine rings is 1. The molecule has 9 heteroatoms. The molecular weight excluding hydrogens is 424 g/mol. The molecule has 0 saturated carbocycles. The number of hydrogen-bond donors (Lipinski definition) is 2. The fourth-order valence-corrected chi connectivity index (χ4v) is 3.78. The molecule has 2 aromatic carbocycles. The maximum Gasteiger partial charge on any atom is 0.234 e. The molecule has 0 aliphatic carbocycles. The fourth-order valence-electron chi connectivity index (χ4n) is 3.03. The number of carbonyl (C=O) groups excluding carboxylic acids is 2. The van der Waals surface area contributed by atoms with Gasteiger partial charge in [-0.1, -0.05) is 30.0 Å². The van der Waals surface area contributed by atoms with E-state index in [0.29, 0.717) is 22.4 Å². The van der Waals surface area contributed by atoms with Gasteiger partial charge < -0.3 is 10.6 Å². The first-order valence-corrected chi connectivity index (χ1v) is 10.8. The minimum atomic E-state index is -0.171. The van der Waals surface area contributed by atoms with Gasteiger partial charge in [0.15, 0.2) is 11.0 Å². The predicted molar refractivity (Wildman–Crippen MR) is 125 cm³/mol. The van der Waals surface area contributed by atoms with E-state index >= 15 is 0 Å². The SMILES string of the molecule is CC(=O)Nc1ccc(NC(=O)CSc2nnc(-c3ccncc3)n2-c2ccccc2)cc1. The molecule has 2 aromatic heterocycles. The van der Waals surface area contributed by atoms with Crippen molar-refractivity contribution in [2.75, 3.05) is 16.4 Å². The molecule has 32 heavy (non-hydrogen) atoms. The van der Waals surface area contributed by atoms with Crippen LogP contribution in [0, 0.1) is 0 Å². The number of carbonyl (C=O) groups is 2. The number of rotatable bonds is 7. The van der Waals surface area contributed by atoms with E-state index in [1.165, 1.54) is 18.7 Å². The third-order valence-electron chi connectivity index (χ3n) is 4.41. The minimum absolute atomic E-state index is 0.146. The van der Waals surface area contributed by atoms with E-state index in [4.69, 9.17) is 0 Å². The summed E-state index contributed by atoms with van der Waals surface area (Å²) < 4.78 is 1.93. The first kappa shape index (κ1) is 21.3. The van der Waals surface area contributed by atoms with Crippen molar-refractivity contribution >= 4 is 35.0 Å². The van der Waals surface area contributed by atoms with Crippen LogP contribution in [-0.4, -0.2) is 37.3 Å². The van der Waals surface area contributed by atoms with E-state index in [2.05, 4.69) is 25.8 Å². The van der Waals surface area contributed by atoms with Crippen molar-refractivity contribution in [3.8, 4) is 17.1 Å². The topological polar surface area (TPSA) is 102 Å². The summed E-state index contributed by atoms with van der Waals surface area (Å²) in [6, 6.07) is 20.4. The molecule has 0 fully saturated rings. The van der Waals surface area contributed by atoms with Gasteiger partial charge in [-0.15, -0.1) is 10.2 Å². The van der Waals surface area contributed by atoms with Gasteiger partial charge in [-0.25, -0.2) is 0 Å². The Balaban J connectivity index is 1.49. The Morgan fingerprint density at radius 2 is 1.53 bits per heavy atom. The zero-order chi connectivity index (χ0) is 22.3. The molecule has 0 spiro atoms. The van der Waals surface area contributed by atoms with Crippen molar-refractivity contribution in [1.29, 1.82) is 0 Å². The molecule has 0 saturated heterocycles. The monoisotopic (exact) mass is 444 g/mol. The predicted octanol–water partition coefficient (Wildman–Crippen LogP) is 4.02. The summed E-state index contributed by atoms with van der Waals surface area (Å²) in [6.07, 6.45) is 3.41. The van der Waals surface area contributed by atoms with Crippen LogP contribution in [0.25, 0.3) is 17.1 Å². The average Bonchev–Trinajstić information content (AvgIpc) is 3.24. The Bertz CT molecular complexity index is 1210. The molecule has 4 aromatic rings. The Kier molecular flexibility index (Phi) is 6.57. The Morgan fingerprint density at radius 3 is 2.19 bits per heavy atom. The molecule has 0 unspecified atom stereocenters. The molecule has 8 nitrogen and oxygen atoms in total. The summed E-state index contributed by atoms with van der Waals surface area (Å²) in [5.41, 5.74) is 3.10. The number of amides is 2. The van der Waals surface area contributed by atoms with Gasteiger partial charge in [0.25, 0.3) is 0 Å². The van der Waals surface area contributed by atoms with Crippen molar-refractivity contribution in [1.82, 2.24) is 19.7 Å². The van der Waals surface area contributed by atoms with Gasteiger partial charge in [0.1, 0.15) is 0 Å². The van der Waals surface area contributed by atoms with Crippen LogP contribution in [0.1, 0.15) is 6.92 Å². The highest BCUT2D eigenvalue weighted by molar-refractivity contribution is 7.99. The molecule has 2 heterocycles. The summed E-state index contributed by atoms with van der Waals surface area (Å²) in [4.78, 5) is 27.7. The van der Waals surface area contributed by atoms with Crippen LogP contribution in [0.15, 0.2) is 84.3 Å². The summed E-state index contributed by atoms with van der Waals surface area (Å²) >= 11 is 1.30. The minimum Gasteiger partial charge on any atom is -0.326 e. The van der Waals surface area contributed by atoms with E-state index in [1.807, 2.05) is 47.0 Å². The van der Waals surface area contributed by atoms with E-state index in [0.717, 1.165) is 11.3 Å². The summed E-state index contributed by atoms with van der Waals surface area (Å²) in [7, 11) is 0. The molecule has 0 bridgehead atoms. The standard InChI is InChI=1S/C23H20N6O2S/c1-16(30)25-18-7-9-19(10-8-18)26-21(31)15-32-23-28-27-22(17-11-13-24-14-12-17)29(23)20-5-3-2-4-6-20/h2-14H,15H2,1H3,(H,25,30)(H,26,31). The van der Waals surface area contributed by atoms with Crippen LogP contribution in [0.5, 0.6) is 0 Å². The second kappa shape index (κ2) is 9.88. The van der Waals surface area contributed by atoms with E-state index in [-0.39, 0.29) is 17.6 Å². The van der Waals surface area contributed by atoms with Crippen LogP contribution < -0.4 is 10.6 Å². The summed E-state index contributed by atoms with van der Waals surface area (Å²) in [6.45, 7) is 1.45. The fraction of sp³-hybridized carbons (Fsp3) is 0.0870. The maximum absolute atomic E-state index is 12.5. The third kappa shape index (κ3) is 5.19. The molecule has 0 aliphatic rings. The highest BCUT2D eigenvalue weighted by Gasteiger charge is 2.17. The Morgan fingerprint density at radius 1 is 0.875 bits per heavy atom. The lowest BCUT2D eigenvalue weighted by molar-refractivity contribution is -0.114. The van der Waals surface area contributed by atoms with Crippen LogP contribution in [0.4, 0.5) is 11.4 Å². The Labute approximate surface area is 189 Å². The number of nitrogens with zero attached hydrogens (tertiary/aromatic N) is 4. The molecule has 160 valence electrons. The van der Waals surface area contributed by atoms with Crippen molar-refractivity contribution in [2.45, 2.75) is 12.1 Å². The van der Waals surface area contributed by atoms with Crippen molar-refractivity contribution in [3.63, 3.8) is 0 Å². The second-order valence-electron chi connectivity index (χ2n) is 6.81. The van der Waals surface area contributed by atoms with Crippen molar-refractivity contribution in [3.05, 3.63) is 79.1 Å². The van der Waals surface area contributed by atoms with Crippen LogP contribution in [0.2, 0.25) is 0 Å². The number of nitrogens with one attached hydrogen (secondary N) is 2. The highest BCUT2D eigenvalue weighted by atomic mass is 32.2. The molecule has 2 amide bonds. The van der Waals surface area contributed by atoms with Crippen LogP contribution >= 0.6 is 11.8 Å². The molecule has 0 atom stereocenters. The number of benzene rings is 2. The average molecular weight is 445 g/mol. The molecule has 0 radical (unpaired) electrons. The van der Waals surface area contributed by atoms with E-state index in [1.54, 1.807) is 36.7 Å².